The fourth-order valence-corrected chi connectivity index (χ4v) is 1.44. The molecule has 0 heterocycles. The van der Waals surface area contributed by atoms with E-state index < -0.39 is 6.10 Å². The number of hydrogen-bond acceptors (Lipinski definition) is 4. The lowest BCUT2D eigenvalue weighted by molar-refractivity contribution is -0.120. The van der Waals surface area contributed by atoms with Crippen molar-refractivity contribution in [3.8, 4) is 5.75 Å². The van der Waals surface area contributed by atoms with Gasteiger partial charge >= 0.3 is 0 Å². The first-order chi connectivity index (χ1) is 8.52. The van der Waals surface area contributed by atoms with Crippen LogP contribution in [0.1, 0.15) is 25.5 Å². The van der Waals surface area contributed by atoms with Crippen molar-refractivity contribution in [1.82, 2.24) is 5.32 Å². The van der Waals surface area contributed by atoms with Crippen LogP contribution in [0.25, 0.3) is 0 Å². The number of ether oxygens (including phenoxy) is 1. The molecule has 1 aromatic carbocycles. The van der Waals surface area contributed by atoms with Crippen LogP contribution in [0.3, 0.4) is 0 Å². The molecule has 5 nitrogen and oxygen atoms in total. The Morgan fingerprint density at radius 3 is 2.50 bits per heavy atom. The maximum atomic E-state index is 11.0. The van der Waals surface area contributed by atoms with Crippen LogP contribution in [0.2, 0.25) is 0 Å². The fourth-order valence-electron chi connectivity index (χ4n) is 1.44. The Balaban J connectivity index is 2.53. The molecule has 18 heavy (non-hydrogen) atoms. The highest BCUT2D eigenvalue weighted by molar-refractivity contribution is 5.77. The minimum absolute atomic E-state index is 0.0755. The molecule has 1 rings (SSSR count). The van der Waals surface area contributed by atoms with Gasteiger partial charge in [0.05, 0.1) is 18.8 Å². The molecule has 1 unspecified atom stereocenters. The molecule has 0 radical (unpaired) electrons. The molecule has 0 fully saturated rings. The molecule has 5 heteroatoms. The second-order valence-electron chi connectivity index (χ2n) is 4.26. The Morgan fingerprint density at radius 2 is 2.00 bits per heavy atom. The molecule has 0 aliphatic heterocycles. The second-order valence-corrected chi connectivity index (χ2v) is 4.26. The molecule has 0 bridgehead atoms. The average molecular weight is 252 g/mol. The van der Waals surface area contributed by atoms with Gasteiger partial charge in [-0.3, -0.25) is 4.79 Å². The Morgan fingerprint density at radius 1 is 1.39 bits per heavy atom. The van der Waals surface area contributed by atoms with Crippen LogP contribution < -0.4 is 15.8 Å². The monoisotopic (exact) mass is 252 g/mol. The zero-order valence-corrected chi connectivity index (χ0v) is 10.7. The van der Waals surface area contributed by atoms with E-state index in [1.54, 1.807) is 24.3 Å². The lowest BCUT2D eigenvalue weighted by Gasteiger charge is -2.14. The number of carbonyl (C=O) groups is 1. The maximum absolute atomic E-state index is 11.0. The summed E-state index contributed by atoms with van der Waals surface area (Å²) in [5.41, 5.74) is 5.88. The summed E-state index contributed by atoms with van der Waals surface area (Å²) in [7, 11) is 0. The van der Waals surface area contributed by atoms with Crippen molar-refractivity contribution in [1.29, 1.82) is 0 Å². The lowest BCUT2D eigenvalue weighted by atomic mass is 10.1. The van der Waals surface area contributed by atoms with Gasteiger partial charge in [-0.15, -0.1) is 0 Å². The molecular formula is C13H20N2O3. The Labute approximate surface area is 107 Å². The van der Waals surface area contributed by atoms with Crippen LogP contribution in [0.5, 0.6) is 5.75 Å². The number of nitrogens with two attached hydrogens (primary N) is 1. The van der Waals surface area contributed by atoms with Gasteiger partial charge in [-0.1, -0.05) is 12.1 Å². The minimum atomic E-state index is -0.742. The summed E-state index contributed by atoms with van der Waals surface area (Å²) in [6.45, 7) is 3.98. The lowest BCUT2D eigenvalue weighted by Crippen LogP contribution is -2.33. The summed E-state index contributed by atoms with van der Waals surface area (Å²) < 4.78 is 5.50. The van der Waals surface area contributed by atoms with Gasteiger partial charge < -0.3 is 20.9 Å². The third kappa shape index (κ3) is 4.73. The largest absolute Gasteiger partial charge is 0.491 e. The molecule has 0 spiro atoms. The zero-order valence-electron chi connectivity index (χ0n) is 10.7. The van der Waals surface area contributed by atoms with Crippen molar-refractivity contribution in [3.63, 3.8) is 0 Å². The number of benzene rings is 1. The van der Waals surface area contributed by atoms with Crippen molar-refractivity contribution < 1.29 is 14.6 Å². The topological polar surface area (TPSA) is 84.6 Å². The second kappa shape index (κ2) is 6.98. The van der Waals surface area contributed by atoms with E-state index in [1.165, 1.54) is 0 Å². The zero-order chi connectivity index (χ0) is 13.5. The van der Waals surface area contributed by atoms with Crippen LogP contribution >= 0.6 is 0 Å². The van der Waals surface area contributed by atoms with Crippen molar-refractivity contribution in [3.05, 3.63) is 29.8 Å². The SMILES string of the molecule is CC(C)Oc1ccc(C(O)CNC(=O)CN)cc1. The summed E-state index contributed by atoms with van der Waals surface area (Å²) in [5.74, 6) is 0.473. The van der Waals surface area contributed by atoms with Crippen molar-refractivity contribution in [2.45, 2.75) is 26.1 Å². The van der Waals surface area contributed by atoms with Gasteiger partial charge in [-0.05, 0) is 31.5 Å². The number of aliphatic hydroxyl groups excluding tert-OH is 1. The summed E-state index contributed by atoms with van der Waals surface area (Å²) in [5, 5.41) is 12.4. The number of rotatable bonds is 6. The smallest absolute Gasteiger partial charge is 0.233 e. The quantitative estimate of drug-likeness (QED) is 0.691. The first-order valence-electron chi connectivity index (χ1n) is 5.94. The predicted octanol–water partition coefficient (Wildman–Crippen LogP) is 0.582. The third-order valence-electron chi connectivity index (χ3n) is 2.31. The number of aliphatic hydroxyl groups is 1. The van der Waals surface area contributed by atoms with Crippen molar-refractivity contribution in [2.75, 3.05) is 13.1 Å². The van der Waals surface area contributed by atoms with E-state index in [0.717, 1.165) is 11.3 Å². The third-order valence-corrected chi connectivity index (χ3v) is 2.31. The van der Waals surface area contributed by atoms with E-state index in [9.17, 15) is 9.90 Å². The van der Waals surface area contributed by atoms with Gasteiger partial charge in [-0.25, -0.2) is 0 Å². The fraction of sp³-hybridized carbons (Fsp3) is 0.462. The van der Waals surface area contributed by atoms with Gasteiger partial charge in [0.1, 0.15) is 5.75 Å². The summed E-state index contributed by atoms with van der Waals surface area (Å²) in [6, 6.07) is 7.14. The Kier molecular flexibility index (Phi) is 5.61. The van der Waals surface area contributed by atoms with Crippen LogP contribution in [0.15, 0.2) is 24.3 Å². The molecular weight excluding hydrogens is 232 g/mol. The van der Waals surface area contributed by atoms with E-state index in [0.29, 0.717) is 0 Å². The van der Waals surface area contributed by atoms with E-state index >= 15 is 0 Å². The van der Waals surface area contributed by atoms with E-state index in [-0.39, 0.29) is 25.1 Å². The van der Waals surface area contributed by atoms with Crippen LogP contribution in [-0.4, -0.2) is 30.2 Å². The normalized spacial score (nSPS) is 12.3. The molecule has 100 valence electrons. The van der Waals surface area contributed by atoms with Gasteiger partial charge in [0.25, 0.3) is 0 Å². The molecule has 0 aliphatic carbocycles. The molecule has 0 saturated carbocycles. The van der Waals surface area contributed by atoms with E-state index in [4.69, 9.17) is 10.5 Å². The van der Waals surface area contributed by atoms with Gasteiger partial charge in [0.2, 0.25) is 5.91 Å². The molecule has 1 amide bonds. The molecule has 4 N–H and O–H groups in total. The first kappa shape index (κ1) is 14.5. The van der Waals surface area contributed by atoms with Crippen LogP contribution in [0, 0.1) is 0 Å². The summed E-state index contributed by atoms with van der Waals surface area (Å²) >= 11 is 0. The number of hydrogen-bond donors (Lipinski definition) is 3. The standard InChI is InChI=1S/C13H20N2O3/c1-9(2)18-11-5-3-10(4-6-11)12(16)8-15-13(17)7-14/h3-6,9,12,16H,7-8,14H2,1-2H3,(H,15,17). The van der Waals surface area contributed by atoms with Gasteiger partial charge in [-0.2, -0.15) is 0 Å². The molecule has 1 aromatic rings. The highest BCUT2D eigenvalue weighted by Gasteiger charge is 2.09. The Hall–Kier alpha value is -1.59. The van der Waals surface area contributed by atoms with E-state index in [1.807, 2.05) is 13.8 Å². The van der Waals surface area contributed by atoms with Crippen molar-refractivity contribution >= 4 is 5.91 Å². The van der Waals surface area contributed by atoms with Crippen molar-refractivity contribution in [2.24, 2.45) is 5.73 Å². The van der Waals surface area contributed by atoms with Crippen LogP contribution in [0.4, 0.5) is 0 Å². The average Bonchev–Trinajstić information content (AvgIpc) is 2.35. The van der Waals surface area contributed by atoms with E-state index in [2.05, 4.69) is 5.32 Å². The highest BCUT2D eigenvalue weighted by atomic mass is 16.5. The van der Waals surface area contributed by atoms with Gasteiger partial charge in [0.15, 0.2) is 0 Å². The maximum Gasteiger partial charge on any atom is 0.233 e. The summed E-state index contributed by atoms with van der Waals surface area (Å²) in [6.07, 6.45) is -0.627. The van der Waals surface area contributed by atoms with Crippen LogP contribution in [-0.2, 0) is 4.79 Å². The first-order valence-corrected chi connectivity index (χ1v) is 5.94. The molecule has 1 atom stereocenters. The van der Waals surface area contributed by atoms with Gasteiger partial charge in [0, 0.05) is 6.54 Å². The summed E-state index contributed by atoms with van der Waals surface area (Å²) in [4.78, 5) is 11.0. The number of amides is 1. The molecule has 0 aromatic heterocycles. The minimum Gasteiger partial charge on any atom is -0.491 e. The molecule has 0 saturated heterocycles. The number of carbonyl (C=O) groups excluding carboxylic acids is 1. The Bertz CT molecular complexity index is 376. The predicted molar refractivity (Wildman–Crippen MR) is 69.2 cm³/mol. The number of nitrogens with one attached hydrogen (secondary N) is 1. The molecule has 0 aliphatic rings. The highest BCUT2D eigenvalue weighted by Crippen LogP contribution is 2.18.